The summed E-state index contributed by atoms with van der Waals surface area (Å²) in [6, 6.07) is 8.54. The van der Waals surface area contributed by atoms with Crippen molar-refractivity contribution in [1.29, 1.82) is 0 Å². The molecule has 27 heavy (non-hydrogen) atoms. The zero-order chi connectivity index (χ0) is 19.0. The average molecular weight is 365 g/mol. The predicted molar refractivity (Wildman–Crippen MR) is 102 cm³/mol. The van der Waals surface area contributed by atoms with Crippen molar-refractivity contribution in [1.82, 2.24) is 19.4 Å². The minimum absolute atomic E-state index is 0.0668. The number of hydrogen-bond acceptors (Lipinski definition) is 5. The van der Waals surface area contributed by atoms with E-state index >= 15 is 0 Å². The summed E-state index contributed by atoms with van der Waals surface area (Å²) in [6.45, 7) is 2.54. The molecule has 0 radical (unpaired) electrons. The van der Waals surface area contributed by atoms with E-state index in [2.05, 4.69) is 14.9 Å². The van der Waals surface area contributed by atoms with Crippen molar-refractivity contribution >= 4 is 22.5 Å². The summed E-state index contributed by atoms with van der Waals surface area (Å²) in [7, 11) is 1.68. The number of piperazine rings is 1. The molecular weight excluding hydrogens is 346 g/mol. The van der Waals surface area contributed by atoms with Gasteiger partial charge in [0.25, 0.3) is 11.5 Å². The van der Waals surface area contributed by atoms with Crippen LogP contribution in [0.25, 0.3) is 10.9 Å². The first-order chi connectivity index (χ1) is 13.0. The molecule has 0 bridgehead atoms. The number of hydrogen-bond donors (Lipinski definition) is 1. The van der Waals surface area contributed by atoms with E-state index in [0.717, 1.165) is 5.69 Å². The van der Waals surface area contributed by atoms with Crippen LogP contribution in [0.1, 0.15) is 10.4 Å². The second-order valence-corrected chi connectivity index (χ2v) is 6.58. The van der Waals surface area contributed by atoms with Gasteiger partial charge < -0.3 is 19.4 Å². The molecule has 1 aliphatic rings. The lowest BCUT2D eigenvalue weighted by molar-refractivity contribution is 0.0746. The summed E-state index contributed by atoms with van der Waals surface area (Å²) in [5.74, 6) is -0.0884. The number of carbonyl (C=O) groups is 1. The largest absolute Gasteiger partial charge is 0.368 e. The van der Waals surface area contributed by atoms with Crippen LogP contribution in [0.4, 0.5) is 5.69 Å². The van der Waals surface area contributed by atoms with Gasteiger partial charge in [-0.25, -0.2) is 4.98 Å². The van der Waals surface area contributed by atoms with Crippen molar-refractivity contribution in [3.05, 3.63) is 69.1 Å². The number of aryl methyl sites for hydroxylation is 1. The first kappa shape index (κ1) is 17.0. The zero-order valence-electron chi connectivity index (χ0n) is 14.9. The van der Waals surface area contributed by atoms with Crippen LogP contribution < -0.4 is 16.0 Å². The van der Waals surface area contributed by atoms with E-state index in [1.807, 2.05) is 12.1 Å². The van der Waals surface area contributed by atoms with Gasteiger partial charge in [0, 0.05) is 51.2 Å². The highest BCUT2D eigenvalue weighted by molar-refractivity contribution is 5.94. The van der Waals surface area contributed by atoms with E-state index < -0.39 is 0 Å². The molecule has 0 atom stereocenters. The number of pyridine rings is 1. The number of nitrogens with zero attached hydrogens (tertiary/aromatic N) is 4. The van der Waals surface area contributed by atoms with Gasteiger partial charge in [-0.05, 0) is 24.3 Å². The number of carbonyl (C=O) groups excluding carboxylic acids is 1. The Morgan fingerprint density at radius 2 is 1.85 bits per heavy atom. The van der Waals surface area contributed by atoms with Gasteiger partial charge in [0.2, 0.25) is 5.56 Å². The Morgan fingerprint density at radius 1 is 1.07 bits per heavy atom. The van der Waals surface area contributed by atoms with Gasteiger partial charge in [-0.1, -0.05) is 0 Å². The second-order valence-electron chi connectivity index (χ2n) is 6.58. The second kappa shape index (κ2) is 6.71. The topological polar surface area (TPSA) is 91.3 Å². The van der Waals surface area contributed by atoms with Gasteiger partial charge in [-0.2, -0.15) is 0 Å². The monoisotopic (exact) mass is 365 g/mol. The van der Waals surface area contributed by atoms with Crippen LogP contribution in [0, 0.1) is 0 Å². The van der Waals surface area contributed by atoms with Crippen LogP contribution in [-0.4, -0.2) is 51.5 Å². The fourth-order valence-electron chi connectivity index (χ4n) is 3.29. The molecule has 0 spiro atoms. The maximum atomic E-state index is 12.5. The van der Waals surface area contributed by atoms with Gasteiger partial charge in [-0.15, -0.1) is 0 Å². The molecule has 1 aliphatic heterocycles. The van der Waals surface area contributed by atoms with Gasteiger partial charge in [0.15, 0.2) is 0 Å². The predicted octanol–water partition coefficient (Wildman–Crippen LogP) is 0.584. The van der Waals surface area contributed by atoms with E-state index in [0.29, 0.717) is 42.6 Å². The molecule has 1 amide bonds. The fourth-order valence-corrected chi connectivity index (χ4v) is 3.29. The molecule has 4 rings (SSSR count). The smallest absolute Gasteiger partial charge is 0.260 e. The Labute approximate surface area is 154 Å². The van der Waals surface area contributed by atoms with Gasteiger partial charge in [-0.3, -0.25) is 14.4 Å². The third-order valence-corrected chi connectivity index (χ3v) is 4.87. The van der Waals surface area contributed by atoms with Crippen molar-refractivity contribution in [3.63, 3.8) is 0 Å². The van der Waals surface area contributed by atoms with E-state index in [1.165, 1.54) is 23.2 Å². The Kier molecular flexibility index (Phi) is 4.23. The molecule has 2 aromatic heterocycles. The lowest BCUT2D eigenvalue weighted by Gasteiger charge is -2.36. The molecule has 0 aliphatic carbocycles. The Balaban J connectivity index is 1.49. The molecule has 3 aromatic rings. The zero-order valence-corrected chi connectivity index (χ0v) is 14.9. The number of nitrogens with one attached hydrogen (secondary N) is 1. The molecular formula is C19H19N5O3. The Bertz CT molecular complexity index is 1110. The van der Waals surface area contributed by atoms with Crippen molar-refractivity contribution in [2.75, 3.05) is 31.1 Å². The number of benzene rings is 1. The van der Waals surface area contributed by atoms with E-state index in [9.17, 15) is 14.4 Å². The van der Waals surface area contributed by atoms with E-state index in [1.54, 1.807) is 24.1 Å². The van der Waals surface area contributed by atoms with Crippen LogP contribution in [0.15, 0.2) is 52.4 Å². The van der Waals surface area contributed by atoms with Crippen molar-refractivity contribution in [3.8, 4) is 0 Å². The summed E-state index contributed by atoms with van der Waals surface area (Å²) >= 11 is 0. The summed E-state index contributed by atoms with van der Waals surface area (Å²) in [6.07, 6.45) is 2.97. The number of aromatic nitrogens is 3. The highest BCUT2D eigenvalue weighted by Gasteiger charge is 2.22. The van der Waals surface area contributed by atoms with E-state index in [4.69, 9.17) is 0 Å². The van der Waals surface area contributed by atoms with Crippen molar-refractivity contribution < 1.29 is 4.79 Å². The molecule has 1 aromatic carbocycles. The molecule has 1 saturated heterocycles. The lowest BCUT2D eigenvalue weighted by Crippen LogP contribution is -2.48. The van der Waals surface area contributed by atoms with Gasteiger partial charge >= 0.3 is 0 Å². The van der Waals surface area contributed by atoms with Crippen molar-refractivity contribution in [2.45, 2.75) is 0 Å². The number of amides is 1. The maximum absolute atomic E-state index is 12.5. The summed E-state index contributed by atoms with van der Waals surface area (Å²) in [4.78, 5) is 46.6. The summed E-state index contributed by atoms with van der Waals surface area (Å²) < 4.78 is 1.46. The number of aromatic amines is 1. The molecule has 138 valence electrons. The molecule has 0 saturated carbocycles. The first-order valence-corrected chi connectivity index (χ1v) is 8.71. The average Bonchev–Trinajstić information content (AvgIpc) is 2.71. The standard InChI is InChI=1S/C19H19N5O3/c1-22-12-21-16-10-14(3-4-15(16)19(22)27)23-6-8-24(9-7-23)18(26)13-2-5-17(25)20-11-13/h2-5,10-12H,6-9H2,1H3,(H,20,25). The third kappa shape index (κ3) is 3.21. The maximum Gasteiger partial charge on any atom is 0.260 e. The quantitative estimate of drug-likeness (QED) is 0.718. The number of anilines is 1. The molecule has 0 unspecified atom stereocenters. The number of H-pyrrole nitrogens is 1. The Morgan fingerprint density at radius 3 is 2.56 bits per heavy atom. The van der Waals surface area contributed by atoms with Crippen LogP contribution >= 0.6 is 0 Å². The minimum Gasteiger partial charge on any atom is -0.368 e. The van der Waals surface area contributed by atoms with Gasteiger partial charge in [0.1, 0.15) is 0 Å². The van der Waals surface area contributed by atoms with Crippen LogP contribution in [0.5, 0.6) is 0 Å². The van der Waals surface area contributed by atoms with Crippen molar-refractivity contribution in [2.24, 2.45) is 7.05 Å². The Hall–Kier alpha value is -3.42. The third-order valence-electron chi connectivity index (χ3n) is 4.87. The van der Waals surface area contributed by atoms with E-state index in [-0.39, 0.29) is 17.0 Å². The fraction of sp³-hybridized carbons (Fsp3) is 0.263. The van der Waals surface area contributed by atoms with Crippen LogP contribution in [-0.2, 0) is 7.05 Å². The van der Waals surface area contributed by atoms with Crippen LogP contribution in [0.2, 0.25) is 0 Å². The number of rotatable bonds is 2. The highest BCUT2D eigenvalue weighted by Crippen LogP contribution is 2.20. The SMILES string of the molecule is Cn1cnc2cc(N3CCN(C(=O)c4ccc(=O)[nH]c4)CC3)ccc2c1=O. The number of fused-ring (bicyclic) bond motifs is 1. The first-order valence-electron chi connectivity index (χ1n) is 8.71. The molecule has 8 heteroatoms. The molecule has 1 fully saturated rings. The molecule has 3 heterocycles. The lowest BCUT2D eigenvalue weighted by atomic mass is 10.1. The van der Waals surface area contributed by atoms with Gasteiger partial charge in [0.05, 0.1) is 22.8 Å². The normalized spacial score (nSPS) is 14.6. The molecule has 1 N–H and O–H groups in total. The summed E-state index contributed by atoms with van der Waals surface area (Å²) in [5, 5.41) is 0.593. The van der Waals surface area contributed by atoms with Crippen LogP contribution in [0.3, 0.4) is 0 Å². The highest BCUT2D eigenvalue weighted by atomic mass is 16.2. The minimum atomic E-state index is -0.226. The molecule has 8 nitrogen and oxygen atoms in total. The summed E-state index contributed by atoms with van der Waals surface area (Å²) in [5.41, 5.74) is 1.84.